The molecule has 0 radical (unpaired) electrons. The van der Waals surface area contributed by atoms with E-state index in [0.717, 1.165) is 17.0 Å². The van der Waals surface area contributed by atoms with E-state index in [-0.39, 0.29) is 0 Å². The fourth-order valence-electron chi connectivity index (χ4n) is 2.82. The molecular weight excluding hydrogens is 284 g/mol. The number of nitrogens with one attached hydrogen (secondary N) is 1. The molecule has 0 aliphatic heterocycles. The minimum absolute atomic E-state index is 0.498. The summed E-state index contributed by atoms with van der Waals surface area (Å²) in [5.41, 5.74) is 8.10. The van der Waals surface area contributed by atoms with Gasteiger partial charge in [0.05, 0.1) is 0 Å². The van der Waals surface area contributed by atoms with Gasteiger partial charge >= 0.3 is 0 Å². The van der Waals surface area contributed by atoms with Crippen molar-refractivity contribution in [3.8, 4) is 0 Å². The molecule has 0 saturated heterocycles. The lowest BCUT2D eigenvalue weighted by atomic mass is 10.1. The number of hydrogen-bond donors (Lipinski definition) is 2. The molecule has 1 aliphatic carbocycles. The van der Waals surface area contributed by atoms with Crippen LogP contribution < -0.4 is 11.1 Å². The Morgan fingerprint density at radius 2 is 2.00 bits per heavy atom. The van der Waals surface area contributed by atoms with Gasteiger partial charge in [0.2, 0.25) is 0 Å². The highest BCUT2D eigenvalue weighted by molar-refractivity contribution is 7.99. The molecule has 0 spiro atoms. The highest BCUT2D eigenvalue weighted by Crippen LogP contribution is 2.30. The molecule has 0 heterocycles. The molecule has 2 nitrogen and oxygen atoms in total. The minimum atomic E-state index is 0.498. The Kier molecular flexibility index (Phi) is 6.17. The van der Waals surface area contributed by atoms with Crippen LogP contribution in [0.1, 0.15) is 51.0 Å². The minimum Gasteiger partial charge on any atom is -0.389 e. The van der Waals surface area contributed by atoms with Gasteiger partial charge in [0.15, 0.2) is 0 Å². The monoisotopic (exact) mass is 308 g/mol. The van der Waals surface area contributed by atoms with Gasteiger partial charge in [-0.2, -0.15) is 0 Å². The van der Waals surface area contributed by atoms with Crippen LogP contribution >= 0.6 is 24.0 Å². The topological polar surface area (TPSA) is 38.0 Å². The average Bonchev–Trinajstić information content (AvgIpc) is 2.67. The number of nitrogens with two attached hydrogens (primary N) is 1. The van der Waals surface area contributed by atoms with Gasteiger partial charge < -0.3 is 11.1 Å². The largest absolute Gasteiger partial charge is 0.389 e. The maximum atomic E-state index is 5.96. The van der Waals surface area contributed by atoms with Gasteiger partial charge in [0.1, 0.15) is 4.99 Å². The van der Waals surface area contributed by atoms with E-state index in [9.17, 15) is 0 Å². The van der Waals surface area contributed by atoms with E-state index in [1.165, 1.54) is 43.4 Å². The molecule has 1 saturated carbocycles. The Hall–Kier alpha value is -0.740. The van der Waals surface area contributed by atoms with E-state index in [4.69, 9.17) is 18.0 Å². The summed E-state index contributed by atoms with van der Waals surface area (Å²) in [6.45, 7) is 2.15. The normalized spacial score (nSPS) is 16.6. The Balaban J connectivity index is 2.21. The summed E-state index contributed by atoms with van der Waals surface area (Å²) in [5, 5.41) is 3.69. The number of rotatable bonds is 5. The summed E-state index contributed by atoms with van der Waals surface area (Å²) in [4.78, 5) is 1.69. The molecule has 4 heteroatoms. The van der Waals surface area contributed by atoms with Gasteiger partial charge in [-0.25, -0.2) is 0 Å². The number of thioether (sulfide) groups is 1. The van der Waals surface area contributed by atoms with E-state index in [2.05, 4.69) is 30.4 Å². The van der Waals surface area contributed by atoms with Crippen molar-refractivity contribution in [1.29, 1.82) is 0 Å². The highest BCUT2D eigenvalue weighted by atomic mass is 32.2. The fourth-order valence-corrected chi connectivity index (χ4v) is 3.96. The van der Waals surface area contributed by atoms with Crippen molar-refractivity contribution in [1.82, 2.24) is 0 Å². The van der Waals surface area contributed by atoms with Crippen molar-refractivity contribution >= 4 is 34.7 Å². The standard InChI is InChI=1S/C16H24N2S2/c1-2-20-14-11-7-10-13(15(14)16(17)19)18-12-8-5-3-4-6-9-12/h7,10-12,18H,2-6,8-9H2,1H3,(H2,17,19). The lowest BCUT2D eigenvalue weighted by molar-refractivity contribution is 0.620. The second-order valence-electron chi connectivity index (χ2n) is 5.31. The van der Waals surface area contributed by atoms with Crippen LogP contribution in [0.25, 0.3) is 0 Å². The van der Waals surface area contributed by atoms with Crippen molar-refractivity contribution in [2.45, 2.75) is 56.4 Å². The molecule has 0 aromatic heterocycles. The molecule has 0 atom stereocenters. The van der Waals surface area contributed by atoms with Crippen LogP contribution in [0.2, 0.25) is 0 Å². The van der Waals surface area contributed by atoms with Crippen LogP contribution in [0.15, 0.2) is 23.1 Å². The lowest BCUT2D eigenvalue weighted by Gasteiger charge is -2.21. The molecule has 110 valence electrons. The zero-order valence-electron chi connectivity index (χ0n) is 12.2. The second-order valence-corrected chi connectivity index (χ2v) is 7.05. The maximum absolute atomic E-state index is 5.96. The molecule has 1 aliphatic rings. The number of anilines is 1. The SMILES string of the molecule is CCSc1cccc(NC2CCCCCC2)c1C(N)=S. The molecule has 2 rings (SSSR count). The van der Waals surface area contributed by atoms with Crippen LogP contribution in [0.5, 0.6) is 0 Å². The molecule has 0 amide bonds. The Labute approximate surface area is 131 Å². The first-order valence-electron chi connectivity index (χ1n) is 7.54. The molecule has 3 N–H and O–H groups in total. The zero-order chi connectivity index (χ0) is 14.4. The Morgan fingerprint density at radius 3 is 2.60 bits per heavy atom. The van der Waals surface area contributed by atoms with Gasteiger partial charge in [0, 0.05) is 22.2 Å². The first-order chi connectivity index (χ1) is 9.72. The zero-order valence-corrected chi connectivity index (χ0v) is 13.8. The van der Waals surface area contributed by atoms with Gasteiger partial charge in [-0.05, 0) is 30.7 Å². The number of benzene rings is 1. The molecule has 1 fully saturated rings. The predicted octanol–water partition coefficient (Wildman–Crippen LogP) is 4.57. The van der Waals surface area contributed by atoms with Crippen molar-refractivity contribution in [3.63, 3.8) is 0 Å². The van der Waals surface area contributed by atoms with Crippen LogP contribution in [0.4, 0.5) is 5.69 Å². The van der Waals surface area contributed by atoms with Gasteiger partial charge in [0.25, 0.3) is 0 Å². The highest BCUT2D eigenvalue weighted by Gasteiger charge is 2.16. The summed E-state index contributed by atoms with van der Waals surface area (Å²) in [5.74, 6) is 1.03. The van der Waals surface area contributed by atoms with Crippen LogP contribution in [-0.2, 0) is 0 Å². The molecule has 1 aromatic carbocycles. The molecular formula is C16H24N2S2. The van der Waals surface area contributed by atoms with Crippen LogP contribution in [-0.4, -0.2) is 16.8 Å². The molecule has 0 bridgehead atoms. The average molecular weight is 309 g/mol. The Bertz CT molecular complexity index is 452. The summed E-state index contributed by atoms with van der Waals surface area (Å²) >= 11 is 7.07. The van der Waals surface area contributed by atoms with Crippen molar-refractivity contribution in [2.24, 2.45) is 5.73 Å². The van der Waals surface area contributed by atoms with Crippen molar-refractivity contribution in [2.75, 3.05) is 11.1 Å². The third-order valence-corrected chi connectivity index (χ3v) is 4.93. The van der Waals surface area contributed by atoms with Crippen molar-refractivity contribution in [3.05, 3.63) is 23.8 Å². The third kappa shape index (κ3) is 4.13. The van der Waals surface area contributed by atoms with Gasteiger partial charge in [-0.1, -0.05) is 50.9 Å². The summed E-state index contributed by atoms with van der Waals surface area (Å²) in [6, 6.07) is 6.88. The van der Waals surface area contributed by atoms with E-state index >= 15 is 0 Å². The number of thiocarbonyl (C=S) groups is 1. The fraction of sp³-hybridized carbons (Fsp3) is 0.562. The molecule has 1 aromatic rings. The first-order valence-corrected chi connectivity index (χ1v) is 8.94. The van der Waals surface area contributed by atoms with Crippen molar-refractivity contribution < 1.29 is 0 Å². The first kappa shape index (κ1) is 15.6. The third-order valence-electron chi connectivity index (χ3n) is 3.79. The number of hydrogen-bond acceptors (Lipinski definition) is 3. The van der Waals surface area contributed by atoms with Crippen LogP contribution in [0, 0.1) is 0 Å². The van der Waals surface area contributed by atoms with Crippen LogP contribution in [0.3, 0.4) is 0 Å². The van der Waals surface area contributed by atoms with Gasteiger partial charge in [-0.3, -0.25) is 0 Å². The quantitative estimate of drug-likeness (QED) is 0.475. The smallest absolute Gasteiger partial charge is 0.107 e. The van der Waals surface area contributed by atoms with E-state index in [1.807, 2.05) is 0 Å². The van der Waals surface area contributed by atoms with Gasteiger partial charge in [-0.15, -0.1) is 11.8 Å². The predicted molar refractivity (Wildman–Crippen MR) is 93.8 cm³/mol. The molecule has 0 unspecified atom stereocenters. The lowest BCUT2D eigenvalue weighted by Crippen LogP contribution is -2.22. The van der Waals surface area contributed by atoms with E-state index < -0.39 is 0 Å². The van der Waals surface area contributed by atoms with E-state index in [0.29, 0.717) is 11.0 Å². The Morgan fingerprint density at radius 1 is 1.30 bits per heavy atom. The summed E-state index contributed by atoms with van der Waals surface area (Å²) < 4.78 is 0. The summed E-state index contributed by atoms with van der Waals surface area (Å²) in [7, 11) is 0. The summed E-state index contributed by atoms with van der Waals surface area (Å²) in [6.07, 6.45) is 7.88. The van der Waals surface area contributed by atoms with E-state index in [1.54, 1.807) is 11.8 Å². The second kappa shape index (κ2) is 7.89. The maximum Gasteiger partial charge on any atom is 0.107 e. The molecule has 20 heavy (non-hydrogen) atoms.